The van der Waals surface area contributed by atoms with Crippen LogP contribution in [0.1, 0.15) is 22.7 Å². The van der Waals surface area contributed by atoms with Crippen LogP contribution >= 0.6 is 0 Å². The highest BCUT2D eigenvalue weighted by molar-refractivity contribution is 5.92. The average Bonchev–Trinajstić information content (AvgIpc) is 3.12. The number of carbonyl (C=O) groups excluding carboxylic acids is 1. The van der Waals surface area contributed by atoms with Gasteiger partial charge in [0, 0.05) is 18.8 Å². The molecule has 8 nitrogen and oxygen atoms in total. The lowest BCUT2D eigenvalue weighted by molar-refractivity contribution is -0.136. The Hall–Kier alpha value is -3.42. The van der Waals surface area contributed by atoms with E-state index in [-0.39, 0.29) is 23.8 Å². The lowest BCUT2D eigenvalue weighted by Crippen LogP contribution is -2.34. The van der Waals surface area contributed by atoms with Gasteiger partial charge in [0.2, 0.25) is 12.7 Å². The number of aromatic nitrogens is 1. The van der Waals surface area contributed by atoms with Crippen LogP contribution in [0.5, 0.6) is 17.2 Å². The van der Waals surface area contributed by atoms with Crippen LogP contribution in [-0.2, 0) is 16.6 Å². The maximum absolute atomic E-state index is 13.0. The molecule has 0 unspecified atom stereocenters. The minimum Gasteiger partial charge on any atom is -0.465 e. The van der Waals surface area contributed by atoms with Gasteiger partial charge in [0.1, 0.15) is 11.3 Å². The first-order valence-electron chi connectivity index (χ1n) is 8.28. The molecular formula is C19H18N2O6. The van der Waals surface area contributed by atoms with E-state index in [0.29, 0.717) is 34.1 Å². The number of nitrogens with zero attached hydrogens (tertiary/aromatic N) is 1. The van der Waals surface area contributed by atoms with Gasteiger partial charge in [0.25, 0.3) is 5.56 Å². The van der Waals surface area contributed by atoms with Gasteiger partial charge in [-0.2, -0.15) is 0 Å². The standard InChI is InChI=1S/C19H18N2O6/c1-9-6-13-15(18(22)21(9)2)14(16(17(20)27-13)19(23)24-3)10-4-5-11-12(7-10)26-8-25-11/h4-7,14H,8,20H2,1-3H3/t14-/m1/s1. The summed E-state index contributed by atoms with van der Waals surface area (Å²) < 4.78 is 22.8. The maximum atomic E-state index is 13.0. The van der Waals surface area contributed by atoms with Crippen LogP contribution in [0.3, 0.4) is 0 Å². The largest absolute Gasteiger partial charge is 0.465 e. The third-order valence-corrected chi connectivity index (χ3v) is 4.87. The molecule has 1 aromatic heterocycles. The van der Waals surface area contributed by atoms with Crippen LogP contribution in [0.15, 0.2) is 40.5 Å². The zero-order valence-electron chi connectivity index (χ0n) is 15.1. The number of rotatable bonds is 2. The molecule has 0 amide bonds. The summed E-state index contributed by atoms with van der Waals surface area (Å²) in [4.78, 5) is 25.5. The van der Waals surface area contributed by atoms with E-state index in [9.17, 15) is 9.59 Å². The predicted octanol–water partition coefficient (Wildman–Crippen LogP) is 1.29. The van der Waals surface area contributed by atoms with E-state index >= 15 is 0 Å². The number of fused-ring (bicyclic) bond motifs is 2. The third-order valence-electron chi connectivity index (χ3n) is 4.87. The lowest BCUT2D eigenvalue weighted by atomic mass is 9.83. The smallest absolute Gasteiger partial charge is 0.340 e. The lowest BCUT2D eigenvalue weighted by Gasteiger charge is -2.28. The molecule has 0 fully saturated rings. The van der Waals surface area contributed by atoms with Gasteiger partial charge in [-0.05, 0) is 24.6 Å². The molecule has 3 heterocycles. The van der Waals surface area contributed by atoms with Crippen LogP contribution < -0.4 is 25.5 Å². The van der Waals surface area contributed by atoms with Gasteiger partial charge in [0.05, 0.1) is 18.6 Å². The third kappa shape index (κ3) is 2.52. The molecule has 0 saturated carbocycles. The predicted molar refractivity (Wildman–Crippen MR) is 94.7 cm³/mol. The number of benzene rings is 1. The Morgan fingerprint density at radius 3 is 2.70 bits per heavy atom. The monoisotopic (exact) mass is 370 g/mol. The number of ether oxygens (including phenoxy) is 4. The molecule has 27 heavy (non-hydrogen) atoms. The molecule has 2 aliphatic heterocycles. The summed E-state index contributed by atoms with van der Waals surface area (Å²) in [5, 5.41) is 0. The van der Waals surface area contributed by atoms with Gasteiger partial charge >= 0.3 is 5.97 Å². The molecule has 4 rings (SSSR count). The fourth-order valence-electron chi connectivity index (χ4n) is 3.38. The molecule has 0 spiro atoms. The Morgan fingerprint density at radius 1 is 1.22 bits per heavy atom. The number of carbonyl (C=O) groups is 1. The topological polar surface area (TPSA) is 102 Å². The summed E-state index contributed by atoms with van der Waals surface area (Å²) in [6.07, 6.45) is 0. The molecule has 2 aromatic rings. The first kappa shape index (κ1) is 17.0. The van der Waals surface area contributed by atoms with Crippen LogP contribution in [0.2, 0.25) is 0 Å². The van der Waals surface area contributed by atoms with Gasteiger partial charge in [-0.15, -0.1) is 0 Å². The minimum absolute atomic E-state index is 0.0739. The highest BCUT2D eigenvalue weighted by Crippen LogP contribution is 2.44. The maximum Gasteiger partial charge on any atom is 0.340 e. The van der Waals surface area contributed by atoms with Crippen molar-refractivity contribution in [2.24, 2.45) is 12.8 Å². The number of pyridine rings is 1. The van der Waals surface area contributed by atoms with Crippen molar-refractivity contribution in [2.45, 2.75) is 12.8 Å². The fraction of sp³-hybridized carbons (Fsp3) is 0.263. The van der Waals surface area contributed by atoms with Gasteiger partial charge in [-0.1, -0.05) is 6.07 Å². The van der Waals surface area contributed by atoms with E-state index in [1.807, 2.05) is 0 Å². The van der Waals surface area contributed by atoms with Crippen LogP contribution in [0, 0.1) is 6.92 Å². The highest BCUT2D eigenvalue weighted by Gasteiger charge is 2.38. The van der Waals surface area contributed by atoms with E-state index < -0.39 is 11.9 Å². The van der Waals surface area contributed by atoms with Crippen molar-refractivity contribution in [1.82, 2.24) is 4.57 Å². The van der Waals surface area contributed by atoms with Crippen molar-refractivity contribution in [3.63, 3.8) is 0 Å². The Balaban J connectivity index is 2.00. The zero-order chi connectivity index (χ0) is 19.3. The number of hydrogen-bond acceptors (Lipinski definition) is 7. The summed E-state index contributed by atoms with van der Waals surface area (Å²) in [5.41, 5.74) is 7.51. The minimum atomic E-state index is -0.755. The molecule has 2 aliphatic rings. The van der Waals surface area contributed by atoms with E-state index in [1.165, 1.54) is 11.7 Å². The second kappa shape index (κ2) is 6.08. The number of aryl methyl sites for hydroxylation is 1. The number of hydrogen-bond donors (Lipinski definition) is 1. The van der Waals surface area contributed by atoms with Gasteiger partial charge < -0.3 is 29.2 Å². The Labute approximate surface area is 154 Å². The molecule has 0 aliphatic carbocycles. The Morgan fingerprint density at radius 2 is 1.96 bits per heavy atom. The molecule has 0 radical (unpaired) electrons. The van der Waals surface area contributed by atoms with E-state index in [0.717, 1.165) is 0 Å². The highest BCUT2D eigenvalue weighted by atomic mass is 16.7. The molecule has 8 heteroatoms. The van der Waals surface area contributed by atoms with Crippen molar-refractivity contribution < 1.29 is 23.7 Å². The second-order valence-corrected chi connectivity index (χ2v) is 6.35. The van der Waals surface area contributed by atoms with E-state index in [1.54, 1.807) is 38.2 Å². The molecule has 1 atom stereocenters. The van der Waals surface area contributed by atoms with E-state index in [4.69, 9.17) is 24.7 Å². The SMILES string of the molecule is COC(=O)C1=C(N)Oc2cc(C)n(C)c(=O)c2[C@H]1c1ccc2c(c1)OCO2. The summed E-state index contributed by atoms with van der Waals surface area (Å²) in [5.74, 6) is -0.0572. The Kier molecular flexibility index (Phi) is 3.83. The van der Waals surface area contributed by atoms with Crippen LogP contribution in [0.4, 0.5) is 0 Å². The molecule has 1 aromatic carbocycles. The summed E-state index contributed by atoms with van der Waals surface area (Å²) in [6, 6.07) is 6.95. The van der Waals surface area contributed by atoms with Crippen molar-refractivity contribution in [2.75, 3.05) is 13.9 Å². The molecule has 0 saturated heterocycles. The molecular weight excluding hydrogens is 352 g/mol. The first-order valence-corrected chi connectivity index (χ1v) is 8.28. The van der Waals surface area contributed by atoms with Gasteiger partial charge in [0.15, 0.2) is 11.5 Å². The normalized spacial score (nSPS) is 17.4. The van der Waals surface area contributed by atoms with Gasteiger partial charge in [-0.3, -0.25) is 4.79 Å². The molecule has 140 valence electrons. The Bertz CT molecular complexity index is 1050. The van der Waals surface area contributed by atoms with Crippen LogP contribution in [-0.4, -0.2) is 24.4 Å². The van der Waals surface area contributed by atoms with Crippen molar-refractivity contribution >= 4 is 5.97 Å². The second-order valence-electron chi connectivity index (χ2n) is 6.35. The molecule has 0 bridgehead atoms. The van der Waals surface area contributed by atoms with Gasteiger partial charge in [-0.25, -0.2) is 4.79 Å². The number of methoxy groups -OCH3 is 1. The number of esters is 1. The van der Waals surface area contributed by atoms with Crippen molar-refractivity contribution in [1.29, 1.82) is 0 Å². The van der Waals surface area contributed by atoms with Crippen molar-refractivity contribution in [3.05, 3.63) is 62.9 Å². The summed E-state index contributed by atoms with van der Waals surface area (Å²) in [7, 11) is 2.91. The fourth-order valence-corrected chi connectivity index (χ4v) is 3.38. The average molecular weight is 370 g/mol. The number of nitrogens with two attached hydrogens (primary N) is 1. The quantitative estimate of drug-likeness (QED) is 0.795. The zero-order valence-corrected chi connectivity index (χ0v) is 15.1. The van der Waals surface area contributed by atoms with E-state index in [2.05, 4.69) is 0 Å². The van der Waals surface area contributed by atoms with Crippen LogP contribution in [0.25, 0.3) is 0 Å². The summed E-state index contributed by atoms with van der Waals surface area (Å²) >= 11 is 0. The molecule has 2 N–H and O–H groups in total. The first-order chi connectivity index (χ1) is 12.9. The summed E-state index contributed by atoms with van der Waals surface area (Å²) in [6.45, 7) is 1.91. The van der Waals surface area contributed by atoms with Crippen molar-refractivity contribution in [3.8, 4) is 17.2 Å².